The van der Waals surface area contributed by atoms with Crippen LogP contribution in [0.1, 0.15) is 23.7 Å². The van der Waals surface area contributed by atoms with Crippen LogP contribution in [0.3, 0.4) is 0 Å². The second-order valence-electron chi connectivity index (χ2n) is 5.79. The first-order valence-corrected chi connectivity index (χ1v) is 10.5. The average Bonchev–Trinajstić information content (AvgIpc) is 3.30. The largest absolute Gasteiger partial charge is 0.486 e. The fourth-order valence-corrected chi connectivity index (χ4v) is 3.90. The van der Waals surface area contributed by atoms with Gasteiger partial charge < -0.3 is 14.6 Å². The molecule has 3 rings (SSSR count). The summed E-state index contributed by atoms with van der Waals surface area (Å²) < 4.78 is 7.52. The lowest BCUT2D eigenvalue weighted by molar-refractivity contribution is -0.119. The first-order chi connectivity index (χ1) is 13.0. The topological polar surface area (TPSA) is 69.0 Å². The standard InChI is InChI=1S/C18H19ClN4O2S2/c1-12(15-4-3-9-26-15)20-17(24)11-27-18-22-21-16(23(18)2)10-25-14-7-5-13(19)6-8-14/h3-9,12H,10-11H2,1-2H3,(H,20,24). The van der Waals surface area contributed by atoms with E-state index in [1.54, 1.807) is 35.6 Å². The van der Waals surface area contributed by atoms with E-state index in [2.05, 4.69) is 15.5 Å². The molecule has 0 radical (unpaired) electrons. The van der Waals surface area contributed by atoms with Gasteiger partial charge in [0.1, 0.15) is 12.4 Å². The minimum absolute atomic E-state index is 0.000864. The normalized spacial score (nSPS) is 12.0. The first-order valence-electron chi connectivity index (χ1n) is 8.25. The molecule has 0 fully saturated rings. The molecule has 0 bridgehead atoms. The lowest BCUT2D eigenvalue weighted by Crippen LogP contribution is -2.27. The van der Waals surface area contributed by atoms with Gasteiger partial charge in [0.2, 0.25) is 5.91 Å². The van der Waals surface area contributed by atoms with E-state index < -0.39 is 0 Å². The Kier molecular flexibility index (Phi) is 6.76. The number of ether oxygens (including phenoxy) is 1. The molecule has 6 nitrogen and oxygen atoms in total. The summed E-state index contributed by atoms with van der Waals surface area (Å²) >= 11 is 8.84. The van der Waals surface area contributed by atoms with Gasteiger partial charge in [-0.05, 0) is 42.6 Å². The van der Waals surface area contributed by atoms with Crippen molar-refractivity contribution >= 4 is 40.6 Å². The number of nitrogens with zero attached hydrogens (tertiary/aromatic N) is 3. The predicted octanol–water partition coefficient (Wildman–Crippen LogP) is 4.08. The molecular weight excluding hydrogens is 404 g/mol. The Hall–Kier alpha value is -2.03. The molecule has 0 saturated carbocycles. The Morgan fingerprint density at radius 3 is 2.81 bits per heavy atom. The number of hydrogen-bond donors (Lipinski definition) is 1. The molecule has 0 aliphatic carbocycles. The lowest BCUT2D eigenvalue weighted by atomic mass is 10.3. The van der Waals surface area contributed by atoms with Crippen molar-refractivity contribution in [2.45, 2.75) is 24.7 Å². The van der Waals surface area contributed by atoms with Crippen LogP contribution in [-0.4, -0.2) is 26.4 Å². The fourth-order valence-electron chi connectivity index (χ4n) is 2.30. The van der Waals surface area contributed by atoms with E-state index in [4.69, 9.17) is 16.3 Å². The van der Waals surface area contributed by atoms with Gasteiger partial charge in [-0.15, -0.1) is 21.5 Å². The number of thiophene rings is 1. The minimum atomic E-state index is -0.0390. The second-order valence-corrected chi connectivity index (χ2v) is 8.15. The number of rotatable bonds is 8. The molecule has 2 aromatic heterocycles. The Morgan fingerprint density at radius 2 is 2.11 bits per heavy atom. The van der Waals surface area contributed by atoms with Crippen LogP contribution in [0.5, 0.6) is 5.75 Å². The van der Waals surface area contributed by atoms with E-state index in [1.165, 1.54) is 11.8 Å². The molecule has 1 unspecified atom stereocenters. The van der Waals surface area contributed by atoms with Crippen molar-refractivity contribution in [2.75, 3.05) is 5.75 Å². The van der Waals surface area contributed by atoms with Gasteiger partial charge in [-0.25, -0.2) is 0 Å². The molecule has 0 aliphatic rings. The Labute approximate surface area is 170 Å². The van der Waals surface area contributed by atoms with E-state index >= 15 is 0 Å². The molecule has 0 spiro atoms. The van der Waals surface area contributed by atoms with Crippen molar-refractivity contribution in [2.24, 2.45) is 7.05 Å². The summed E-state index contributed by atoms with van der Waals surface area (Å²) in [5.41, 5.74) is 0. The van der Waals surface area contributed by atoms with Crippen LogP contribution in [0.25, 0.3) is 0 Å². The van der Waals surface area contributed by atoms with Crippen molar-refractivity contribution in [3.63, 3.8) is 0 Å². The third-order valence-electron chi connectivity index (χ3n) is 3.79. The summed E-state index contributed by atoms with van der Waals surface area (Å²) in [5, 5.41) is 14.6. The number of aromatic nitrogens is 3. The molecular formula is C18H19ClN4O2S2. The second kappa shape index (κ2) is 9.25. The maximum absolute atomic E-state index is 12.2. The van der Waals surface area contributed by atoms with Gasteiger partial charge in [-0.1, -0.05) is 29.4 Å². The maximum atomic E-state index is 12.2. The number of carbonyl (C=O) groups is 1. The molecule has 1 N–H and O–H groups in total. The third kappa shape index (κ3) is 5.47. The van der Waals surface area contributed by atoms with E-state index in [9.17, 15) is 4.79 Å². The highest BCUT2D eigenvalue weighted by molar-refractivity contribution is 7.99. The van der Waals surface area contributed by atoms with Crippen molar-refractivity contribution in [3.8, 4) is 5.75 Å². The monoisotopic (exact) mass is 422 g/mol. The Morgan fingerprint density at radius 1 is 1.33 bits per heavy atom. The number of nitrogens with one attached hydrogen (secondary N) is 1. The van der Waals surface area contributed by atoms with Crippen molar-refractivity contribution < 1.29 is 9.53 Å². The van der Waals surface area contributed by atoms with Crippen molar-refractivity contribution in [1.82, 2.24) is 20.1 Å². The molecule has 3 aromatic rings. The molecule has 1 atom stereocenters. The molecule has 0 saturated heterocycles. The predicted molar refractivity (Wildman–Crippen MR) is 108 cm³/mol. The van der Waals surface area contributed by atoms with E-state index in [-0.39, 0.29) is 24.3 Å². The SMILES string of the molecule is CC(NC(=O)CSc1nnc(COc2ccc(Cl)cc2)n1C)c1cccs1. The summed E-state index contributed by atoms with van der Waals surface area (Å²) in [4.78, 5) is 13.3. The zero-order chi connectivity index (χ0) is 19.2. The van der Waals surface area contributed by atoms with Crippen LogP contribution in [0.15, 0.2) is 46.9 Å². The molecule has 1 amide bonds. The summed E-state index contributed by atoms with van der Waals surface area (Å²) in [5.74, 6) is 1.63. The van der Waals surface area contributed by atoms with Crippen LogP contribution >= 0.6 is 34.7 Å². The molecule has 27 heavy (non-hydrogen) atoms. The Balaban J connectivity index is 1.49. The van der Waals surface area contributed by atoms with Crippen LogP contribution in [0.4, 0.5) is 0 Å². The smallest absolute Gasteiger partial charge is 0.230 e. The highest BCUT2D eigenvalue weighted by Crippen LogP contribution is 2.20. The van der Waals surface area contributed by atoms with E-state index in [0.717, 1.165) is 4.88 Å². The number of amides is 1. The van der Waals surface area contributed by atoms with E-state index in [1.807, 2.05) is 36.1 Å². The molecule has 142 valence electrons. The minimum Gasteiger partial charge on any atom is -0.486 e. The highest BCUT2D eigenvalue weighted by Gasteiger charge is 2.14. The van der Waals surface area contributed by atoms with Gasteiger partial charge in [-0.2, -0.15) is 0 Å². The van der Waals surface area contributed by atoms with Crippen LogP contribution in [0.2, 0.25) is 5.02 Å². The van der Waals surface area contributed by atoms with Gasteiger partial charge in [0, 0.05) is 16.9 Å². The van der Waals surface area contributed by atoms with Gasteiger partial charge in [0.05, 0.1) is 11.8 Å². The van der Waals surface area contributed by atoms with Crippen molar-refractivity contribution in [3.05, 3.63) is 57.5 Å². The maximum Gasteiger partial charge on any atom is 0.230 e. The van der Waals surface area contributed by atoms with Crippen LogP contribution in [-0.2, 0) is 18.4 Å². The first kappa shape index (κ1) is 19.7. The molecule has 9 heteroatoms. The number of thioether (sulfide) groups is 1. The number of halogens is 1. The zero-order valence-electron chi connectivity index (χ0n) is 14.9. The number of carbonyl (C=O) groups excluding carboxylic acids is 1. The third-order valence-corrected chi connectivity index (χ3v) is 6.11. The molecule has 1 aromatic carbocycles. The van der Waals surface area contributed by atoms with Crippen molar-refractivity contribution in [1.29, 1.82) is 0 Å². The summed E-state index contributed by atoms with van der Waals surface area (Å²) in [6.07, 6.45) is 0. The number of hydrogen-bond acceptors (Lipinski definition) is 6. The zero-order valence-corrected chi connectivity index (χ0v) is 17.3. The van der Waals surface area contributed by atoms with Crippen LogP contribution < -0.4 is 10.1 Å². The van der Waals surface area contributed by atoms with Gasteiger partial charge in [-0.3, -0.25) is 4.79 Å². The lowest BCUT2D eigenvalue weighted by Gasteiger charge is -2.11. The van der Waals surface area contributed by atoms with Gasteiger partial charge >= 0.3 is 0 Å². The van der Waals surface area contributed by atoms with Crippen LogP contribution in [0, 0.1) is 0 Å². The quantitative estimate of drug-likeness (QED) is 0.554. The molecule has 2 heterocycles. The fraction of sp³-hybridized carbons (Fsp3) is 0.278. The summed E-state index contributed by atoms with van der Waals surface area (Å²) in [6, 6.07) is 11.1. The summed E-state index contributed by atoms with van der Waals surface area (Å²) in [6.45, 7) is 2.26. The summed E-state index contributed by atoms with van der Waals surface area (Å²) in [7, 11) is 1.86. The van der Waals surface area contributed by atoms with E-state index in [0.29, 0.717) is 21.8 Å². The van der Waals surface area contributed by atoms with Gasteiger partial charge in [0.15, 0.2) is 11.0 Å². The Bertz CT molecular complexity index is 881. The highest BCUT2D eigenvalue weighted by atomic mass is 35.5. The molecule has 0 aliphatic heterocycles. The van der Waals surface area contributed by atoms with Gasteiger partial charge in [0.25, 0.3) is 0 Å². The average molecular weight is 423 g/mol. The number of benzene rings is 1.